The largest absolute Gasteiger partial charge is 0.419 e. The first kappa shape index (κ1) is 15.4. The zero-order valence-electron chi connectivity index (χ0n) is 10.3. The number of halogens is 4. The van der Waals surface area contributed by atoms with Crippen molar-refractivity contribution in [1.82, 2.24) is 5.32 Å². The average molecular weight is 278 g/mol. The van der Waals surface area contributed by atoms with Gasteiger partial charge >= 0.3 is 6.18 Å². The van der Waals surface area contributed by atoms with E-state index in [-0.39, 0.29) is 12.1 Å². The highest BCUT2D eigenvalue weighted by Gasteiger charge is 2.34. The minimum absolute atomic E-state index is 0.0739. The van der Waals surface area contributed by atoms with E-state index in [1.54, 1.807) is 0 Å². The molecule has 3 nitrogen and oxygen atoms in total. The fourth-order valence-electron chi connectivity index (χ4n) is 1.42. The summed E-state index contributed by atoms with van der Waals surface area (Å²) >= 11 is 0. The fourth-order valence-corrected chi connectivity index (χ4v) is 1.42. The summed E-state index contributed by atoms with van der Waals surface area (Å²) in [7, 11) is 0. The molecule has 19 heavy (non-hydrogen) atoms. The van der Waals surface area contributed by atoms with Crippen molar-refractivity contribution < 1.29 is 22.4 Å². The van der Waals surface area contributed by atoms with Crippen LogP contribution >= 0.6 is 0 Å². The Kier molecular flexibility index (Phi) is 5.29. The normalized spacial score (nSPS) is 11.4. The molecule has 0 aliphatic carbocycles. The topological polar surface area (TPSA) is 41.1 Å². The zero-order valence-corrected chi connectivity index (χ0v) is 10.3. The van der Waals surface area contributed by atoms with Crippen LogP contribution in [0.15, 0.2) is 18.2 Å². The van der Waals surface area contributed by atoms with E-state index in [2.05, 4.69) is 10.6 Å². The van der Waals surface area contributed by atoms with Gasteiger partial charge in [-0.3, -0.25) is 4.79 Å². The van der Waals surface area contributed by atoms with Crippen LogP contribution in [0.4, 0.5) is 23.2 Å². The molecule has 0 radical (unpaired) electrons. The molecule has 0 atom stereocenters. The molecule has 0 bridgehead atoms. The second-order valence-electron chi connectivity index (χ2n) is 3.84. The molecule has 106 valence electrons. The van der Waals surface area contributed by atoms with E-state index in [9.17, 15) is 22.4 Å². The predicted molar refractivity (Wildman–Crippen MR) is 63.2 cm³/mol. The number of anilines is 1. The van der Waals surface area contributed by atoms with Crippen molar-refractivity contribution in [2.24, 2.45) is 0 Å². The first-order valence-corrected chi connectivity index (χ1v) is 5.72. The lowest BCUT2D eigenvalue weighted by Gasteiger charge is -2.11. The first-order valence-electron chi connectivity index (χ1n) is 5.72. The summed E-state index contributed by atoms with van der Waals surface area (Å²) in [5, 5.41) is 5.20. The van der Waals surface area contributed by atoms with Crippen molar-refractivity contribution in [1.29, 1.82) is 0 Å². The van der Waals surface area contributed by atoms with Gasteiger partial charge in [0.2, 0.25) is 5.91 Å². The molecule has 0 fully saturated rings. The van der Waals surface area contributed by atoms with Gasteiger partial charge in [0.15, 0.2) is 0 Å². The van der Waals surface area contributed by atoms with Crippen LogP contribution in [-0.2, 0) is 11.0 Å². The molecule has 1 aromatic rings. The predicted octanol–water partition coefficient (Wildman–Crippen LogP) is 2.78. The molecule has 0 aliphatic heterocycles. The van der Waals surface area contributed by atoms with Crippen LogP contribution in [-0.4, -0.2) is 19.0 Å². The minimum Gasteiger partial charge on any atom is -0.326 e. The van der Waals surface area contributed by atoms with Crippen LogP contribution in [0.5, 0.6) is 0 Å². The average Bonchev–Trinajstić information content (AvgIpc) is 2.30. The van der Waals surface area contributed by atoms with Gasteiger partial charge in [-0.2, -0.15) is 13.2 Å². The van der Waals surface area contributed by atoms with Gasteiger partial charge < -0.3 is 10.6 Å². The van der Waals surface area contributed by atoms with Gasteiger partial charge in [0.25, 0.3) is 0 Å². The molecule has 1 rings (SSSR count). The Morgan fingerprint density at radius 2 is 2.00 bits per heavy atom. The van der Waals surface area contributed by atoms with Gasteiger partial charge in [-0.1, -0.05) is 6.92 Å². The summed E-state index contributed by atoms with van der Waals surface area (Å²) in [5.74, 6) is -1.79. The van der Waals surface area contributed by atoms with Crippen LogP contribution < -0.4 is 10.6 Å². The third-order valence-corrected chi connectivity index (χ3v) is 2.33. The summed E-state index contributed by atoms with van der Waals surface area (Å²) < 4.78 is 50.4. The summed E-state index contributed by atoms with van der Waals surface area (Å²) in [6.07, 6.45) is -4.65. The van der Waals surface area contributed by atoms with Crippen molar-refractivity contribution in [3.8, 4) is 0 Å². The number of alkyl halides is 3. The fraction of sp³-hybridized carbons (Fsp3) is 0.417. The number of rotatable bonds is 5. The molecular formula is C12H14F4N2O. The van der Waals surface area contributed by atoms with Crippen LogP contribution in [0.25, 0.3) is 0 Å². The second-order valence-corrected chi connectivity index (χ2v) is 3.84. The molecule has 0 unspecified atom stereocenters. The molecule has 1 aromatic carbocycles. The maximum Gasteiger partial charge on any atom is 0.419 e. The lowest BCUT2D eigenvalue weighted by atomic mass is 10.1. The van der Waals surface area contributed by atoms with Crippen molar-refractivity contribution in [3.63, 3.8) is 0 Å². The molecule has 2 N–H and O–H groups in total. The van der Waals surface area contributed by atoms with Crippen LogP contribution in [0.3, 0.4) is 0 Å². The standard InChI is InChI=1S/C12H14F4N2O/c1-2-17-6-5-11(19)18-8-3-4-10(13)9(7-8)12(14,15)16/h3-4,7,17H,2,5-6H2,1H3,(H,18,19). The molecule has 1 amide bonds. The van der Waals surface area contributed by atoms with Crippen molar-refractivity contribution in [2.75, 3.05) is 18.4 Å². The quantitative estimate of drug-likeness (QED) is 0.642. The molecule has 0 saturated carbocycles. The molecule has 0 heterocycles. The number of benzene rings is 1. The Hall–Kier alpha value is -1.63. The molecular weight excluding hydrogens is 264 g/mol. The van der Waals surface area contributed by atoms with Crippen LogP contribution in [0.1, 0.15) is 18.9 Å². The maximum absolute atomic E-state index is 13.0. The Labute approximate surface area is 108 Å². The summed E-state index contributed by atoms with van der Waals surface area (Å²) in [6.45, 7) is 2.99. The Morgan fingerprint density at radius 3 is 2.58 bits per heavy atom. The molecule has 0 aromatic heterocycles. The number of carbonyl (C=O) groups excluding carboxylic acids is 1. The smallest absolute Gasteiger partial charge is 0.326 e. The number of nitrogens with one attached hydrogen (secondary N) is 2. The van der Waals surface area contributed by atoms with Crippen molar-refractivity contribution in [3.05, 3.63) is 29.6 Å². The van der Waals surface area contributed by atoms with Gasteiger partial charge in [0.1, 0.15) is 5.82 Å². The molecule has 7 heteroatoms. The van der Waals surface area contributed by atoms with Crippen LogP contribution in [0.2, 0.25) is 0 Å². The van der Waals surface area contributed by atoms with E-state index in [0.29, 0.717) is 25.2 Å². The van der Waals surface area contributed by atoms with Gasteiger partial charge in [0.05, 0.1) is 5.56 Å². The van der Waals surface area contributed by atoms with E-state index >= 15 is 0 Å². The number of hydrogen-bond acceptors (Lipinski definition) is 2. The third-order valence-electron chi connectivity index (χ3n) is 2.33. The Morgan fingerprint density at radius 1 is 1.32 bits per heavy atom. The number of carbonyl (C=O) groups is 1. The highest BCUT2D eigenvalue weighted by Crippen LogP contribution is 2.32. The van der Waals surface area contributed by atoms with E-state index in [0.717, 1.165) is 6.07 Å². The van der Waals surface area contributed by atoms with E-state index in [4.69, 9.17) is 0 Å². The first-order chi connectivity index (χ1) is 8.84. The summed E-state index contributed by atoms with van der Waals surface area (Å²) in [6, 6.07) is 2.36. The van der Waals surface area contributed by atoms with Gasteiger partial charge in [-0.05, 0) is 24.7 Å². The second kappa shape index (κ2) is 6.51. The van der Waals surface area contributed by atoms with Crippen molar-refractivity contribution in [2.45, 2.75) is 19.5 Å². The van der Waals surface area contributed by atoms with Crippen molar-refractivity contribution >= 4 is 11.6 Å². The highest BCUT2D eigenvalue weighted by atomic mass is 19.4. The van der Waals surface area contributed by atoms with Gasteiger partial charge in [-0.15, -0.1) is 0 Å². The molecule has 0 aliphatic rings. The SMILES string of the molecule is CCNCCC(=O)Nc1ccc(F)c(C(F)(F)F)c1. The lowest BCUT2D eigenvalue weighted by molar-refractivity contribution is -0.140. The molecule has 0 saturated heterocycles. The molecule has 0 spiro atoms. The van der Waals surface area contributed by atoms with Gasteiger partial charge in [0, 0.05) is 18.7 Å². The summed E-state index contributed by atoms with van der Waals surface area (Å²) in [5.41, 5.74) is -1.47. The number of hydrogen-bond donors (Lipinski definition) is 2. The lowest BCUT2D eigenvalue weighted by Crippen LogP contribution is -2.21. The Bertz CT molecular complexity index is 446. The third kappa shape index (κ3) is 4.86. The zero-order chi connectivity index (χ0) is 14.5. The summed E-state index contributed by atoms with van der Waals surface area (Å²) in [4.78, 5) is 11.4. The minimum atomic E-state index is -4.78. The monoisotopic (exact) mass is 278 g/mol. The number of amides is 1. The van der Waals surface area contributed by atoms with Crippen LogP contribution in [0, 0.1) is 5.82 Å². The maximum atomic E-state index is 13.0. The van der Waals surface area contributed by atoms with E-state index in [1.807, 2.05) is 6.92 Å². The Balaban J connectivity index is 2.72. The van der Waals surface area contributed by atoms with E-state index in [1.165, 1.54) is 0 Å². The van der Waals surface area contributed by atoms with Gasteiger partial charge in [-0.25, -0.2) is 4.39 Å². The van der Waals surface area contributed by atoms with E-state index < -0.39 is 23.5 Å². The highest BCUT2D eigenvalue weighted by molar-refractivity contribution is 5.90.